The van der Waals surface area contributed by atoms with Crippen molar-refractivity contribution in [3.63, 3.8) is 0 Å². The van der Waals surface area contributed by atoms with Crippen LogP contribution >= 0.6 is 7.60 Å². The summed E-state index contributed by atoms with van der Waals surface area (Å²) >= 11 is 0. The number of rotatable bonds is 12. The van der Waals surface area contributed by atoms with Crippen molar-refractivity contribution in [2.24, 2.45) is 0 Å². The molecule has 0 aromatic rings. The fourth-order valence-electron chi connectivity index (χ4n) is 1.24. The van der Waals surface area contributed by atoms with E-state index in [0.717, 1.165) is 0 Å². The summed E-state index contributed by atoms with van der Waals surface area (Å²) in [6.45, 7) is 2.24. The molecule has 0 saturated heterocycles. The topological polar surface area (TPSA) is 80.3 Å². The van der Waals surface area contributed by atoms with Crippen LogP contribution in [0.25, 0.3) is 0 Å². The van der Waals surface area contributed by atoms with Crippen LogP contribution in [0, 0.1) is 0 Å². The second kappa shape index (κ2) is 13.9. The Labute approximate surface area is 137 Å². The molecule has 1 atom stereocenters. The molecule has 0 aliphatic carbocycles. The van der Waals surface area contributed by atoms with Crippen molar-refractivity contribution in [2.45, 2.75) is 0 Å². The van der Waals surface area contributed by atoms with E-state index in [9.17, 15) is 9.46 Å². The molecular weight excluding hydrogens is 284 g/mol. The molecule has 0 spiro atoms. The molecule has 9 heteroatoms. The number of hydrogen-bond donors (Lipinski definition) is 0. The Morgan fingerprint density at radius 2 is 1.42 bits per heavy atom. The Bertz CT molecular complexity index is 238. The first-order valence-corrected chi connectivity index (χ1v) is 7.42. The molecular formula is C10H23NNaO6P. The van der Waals surface area contributed by atoms with Crippen LogP contribution in [0.1, 0.15) is 0 Å². The van der Waals surface area contributed by atoms with Gasteiger partial charge in [0.2, 0.25) is 0 Å². The maximum Gasteiger partial charge on any atom is 1.00 e. The fourth-order valence-corrected chi connectivity index (χ4v) is 2.45. The van der Waals surface area contributed by atoms with Gasteiger partial charge in [-0.1, -0.05) is 0 Å². The zero-order valence-corrected chi connectivity index (χ0v) is 15.2. The molecule has 0 rings (SSSR count). The van der Waals surface area contributed by atoms with Gasteiger partial charge in [0.05, 0.1) is 32.7 Å². The van der Waals surface area contributed by atoms with Gasteiger partial charge in [0.25, 0.3) is 0 Å². The van der Waals surface area contributed by atoms with Crippen LogP contribution in [-0.2, 0) is 23.3 Å². The van der Waals surface area contributed by atoms with E-state index in [4.69, 9.17) is 18.7 Å². The SMILES string of the molecule is COCCOP(=O)([O-])CN(CCOC)CCOC.[Na+]. The fraction of sp³-hybridized carbons (Fsp3) is 1.00. The second-order valence-corrected chi connectivity index (χ2v) is 5.44. The third-order valence-corrected chi connectivity index (χ3v) is 3.49. The third kappa shape index (κ3) is 13.7. The molecule has 0 fully saturated rings. The van der Waals surface area contributed by atoms with E-state index in [1.807, 2.05) is 0 Å². The normalized spacial score (nSPS) is 14.2. The van der Waals surface area contributed by atoms with Gasteiger partial charge in [0.1, 0.15) is 7.60 Å². The minimum atomic E-state index is -3.87. The monoisotopic (exact) mass is 307 g/mol. The molecule has 0 aromatic carbocycles. The van der Waals surface area contributed by atoms with Gasteiger partial charge in [-0.05, 0) is 0 Å². The predicted molar refractivity (Wildman–Crippen MR) is 65.6 cm³/mol. The second-order valence-electron chi connectivity index (χ2n) is 3.68. The summed E-state index contributed by atoms with van der Waals surface area (Å²) < 4.78 is 31.1. The zero-order valence-electron chi connectivity index (χ0n) is 12.3. The average molecular weight is 307 g/mol. The molecule has 0 bridgehead atoms. The minimum absolute atomic E-state index is 0. The number of hydrogen-bond acceptors (Lipinski definition) is 7. The summed E-state index contributed by atoms with van der Waals surface area (Å²) in [6.07, 6.45) is -0.149. The average Bonchev–Trinajstić information content (AvgIpc) is 2.32. The third-order valence-electron chi connectivity index (χ3n) is 2.17. The zero-order chi connectivity index (χ0) is 13.9. The first kappa shape index (κ1) is 22.3. The van der Waals surface area contributed by atoms with Gasteiger partial charge in [-0.15, -0.1) is 0 Å². The first-order valence-electron chi connectivity index (χ1n) is 5.69. The van der Waals surface area contributed by atoms with E-state index in [0.29, 0.717) is 26.3 Å². The van der Waals surface area contributed by atoms with Gasteiger partial charge >= 0.3 is 29.6 Å². The van der Waals surface area contributed by atoms with E-state index in [-0.39, 0.29) is 49.1 Å². The van der Waals surface area contributed by atoms with Crippen LogP contribution in [-0.4, -0.2) is 72.0 Å². The molecule has 0 aliphatic heterocycles. The maximum absolute atomic E-state index is 11.7. The molecule has 0 radical (unpaired) electrons. The molecule has 1 unspecified atom stereocenters. The van der Waals surface area contributed by atoms with E-state index < -0.39 is 7.60 Å². The first-order chi connectivity index (χ1) is 8.55. The Hall–Kier alpha value is 0.990. The van der Waals surface area contributed by atoms with Crippen molar-refractivity contribution < 1.29 is 57.8 Å². The minimum Gasteiger partial charge on any atom is -0.778 e. The standard InChI is InChI=1S/C10H24NO6P.Na/c1-14-6-4-11(5-7-15-2)10-18(12,13)17-9-8-16-3;/h4-10H2,1-3H3,(H,12,13);/q;+1/p-1. The molecule has 0 aliphatic rings. The van der Waals surface area contributed by atoms with E-state index in [1.54, 1.807) is 19.1 Å². The Morgan fingerprint density at radius 3 is 1.84 bits per heavy atom. The molecule has 7 nitrogen and oxygen atoms in total. The van der Waals surface area contributed by atoms with Crippen molar-refractivity contribution in [2.75, 3.05) is 67.1 Å². The summed E-state index contributed by atoms with van der Waals surface area (Å²) in [4.78, 5) is 13.4. The number of ether oxygens (including phenoxy) is 3. The van der Waals surface area contributed by atoms with Crippen LogP contribution in [0.5, 0.6) is 0 Å². The molecule has 0 N–H and O–H groups in total. The van der Waals surface area contributed by atoms with E-state index >= 15 is 0 Å². The Balaban J connectivity index is 0. The largest absolute Gasteiger partial charge is 1.00 e. The van der Waals surface area contributed by atoms with E-state index in [2.05, 4.69) is 0 Å². The van der Waals surface area contributed by atoms with Crippen molar-refractivity contribution in [1.29, 1.82) is 0 Å². The van der Waals surface area contributed by atoms with Crippen molar-refractivity contribution >= 4 is 7.60 Å². The molecule has 0 amide bonds. The maximum atomic E-state index is 11.7. The number of methoxy groups -OCH3 is 3. The van der Waals surface area contributed by atoms with Gasteiger partial charge in [0.15, 0.2) is 0 Å². The predicted octanol–water partition coefficient (Wildman–Crippen LogP) is -3.24. The quantitative estimate of drug-likeness (QED) is 0.213. The van der Waals surface area contributed by atoms with Crippen molar-refractivity contribution in [3.05, 3.63) is 0 Å². The smallest absolute Gasteiger partial charge is 0.778 e. The summed E-state index contributed by atoms with van der Waals surface area (Å²) in [7, 11) is 0.754. The molecule has 110 valence electrons. The van der Waals surface area contributed by atoms with Gasteiger partial charge < -0.3 is 28.2 Å². The summed E-state index contributed by atoms with van der Waals surface area (Å²) in [5.74, 6) is 0. The summed E-state index contributed by atoms with van der Waals surface area (Å²) in [6, 6.07) is 0. The van der Waals surface area contributed by atoms with Crippen LogP contribution in [0.2, 0.25) is 0 Å². The van der Waals surface area contributed by atoms with Crippen LogP contribution in [0.4, 0.5) is 0 Å². The number of nitrogens with zero attached hydrogens (tertiary/aromatic N) is 1. The van der Waals surface area contributed by atoms with E-state index in [1.165, 1.54) is 7.11 Å². The molecule has 19 heavy (non-hydrogen) atoms. The molecule has 0 aromatic heterocycles. The van der Waals surface area contributed by atoms with Crippen molar-refractivity contribution in [3.8, 4) is 0 Å². The van der Waals surface area contributed by atoms with Gasteiger partial charge in [-0.25, -0.2) is 0 Å². The van der Waals surface area contributed by atoms with Crippen LogP contribution in [0.15, 0.2) is 0 Å². The van der Waals surface area contributed by atoms with Gasteiger partial charge in [0, 0.05) is 34.4 Å². The van der Waals surface area contributed by atoms with Gasteiger partial charge in [-0.3, -0.25) is 4.90 Å². The van der Waals surface area contributed by atoms with Crippen LogP contribution in [0.3, 0.4) is 0 Å². The summed E-state index contributed by atoms with van der Waals surface area (Å²) in [5.41, 5.74) is 0. The van der Waals surface area contributed by atoms with Crippen molar-refractivity contribution in [1.82, 2.24) is 4.90 Å². The van der Waals surface area contributed by atoms with Gasteiger partial charge in [-0.2, -0.15) is 0 Å². The molecule has 0 heterocycles. The Morgan fingerprint density at radius 1 is 0.947 bits per heavy atom. The molecule has 0 saturated carbocycles. The Kier molecular flexibility index (Phi) is 16.4. The van der Waals surface area contributed by atoms with Crippen LogP contribution < -0.4 is 34.5 Å². The summed E-state index contributed by atoms with van der Waals surface area (Å²) in [5, 5.41) is 0.